The Bertz CT molecular complexity index is 1250. The minimum absolute atomic E-state index is 0.0941. The Morgan fingerprint density at radius 2 is 1.73 bits per heavy atom. The summed E-state index contributed by atoms with van der Waals surface area (Å²) in [6, 6.07) is 13.7. The predicted molar refractivity (Wildman–Crippen MR) is 131 cm³/mol. The third kappa shape index (κ3) is 4.65. The zero-order valence-corrected chi connectivity index (χ0v) is 18.6. The smallest absolute Gasteiger partial charge is 0.229 e. The van der Waals surface area contributed by atoms with Crippen LogP contribution in [0.25, 0.3) is 11.0 Å². The molecule has 33 heavy (non-hydrogen) atoms. The molecular weight excluding hydrogens is 421 g/mol. The summed E-state index contributed by atoms with van der Waals surface area (Å²) in [5.74, 6) is 0.626. The lowest BCUT2D eigenvalue weighted by Gasteiger charge is -2.29. The maximum Gasteiger partial charge on any atom is 0.229 e. The molecule has 0 saturated carbocycles. The average molecular weight is 448 g/mol. The van der Waals surface area contributed by atoms with E-state index in [9.17, 15) is 4.39 Å². The molecule has 9 nitrogen and oxygen atoms in total. The van der Waals surface area contributed by atoms with Crippen LogP contribution in [0.4, 0.5) is 39.2 Å². The average Bonchev–Trinajstić information content (AvgIpc) is 3.26. The van der Waals surface area contributed by atoms with Crippen molar-refractivity contribution in [2.24, 2.45) is 0 Å². The Hall–Kier alpha value is -3.92. The van der Waals surface area contributed by atoms with Gasteiger partial charge in [0.2, 0.25) is 11.9 Å². The Balaban J connectivity index is 1.31. The number of rotatable bonds is 6. The summed E-state index contributed by atoms with van der Waals surface area (Å²) in [5.41, 5.74) is 4.39. The molecule has 4 aromatic rings. The van der Waals surface area contributed by atoms with Crippen molar-refractivity contribution in [1.82, 2.24) is 25.3 Å². The highest BCUT2D eigenvalue weighted by atomic mass is 19.1. The van der Waals surface area contributed by atoms with Crippen molar-refractivity contribution in [2.75, 3.05) is 60.7 Å². The van der Waals surface area contributed by atoms with Crippen LogP contribution in [0.1, 0.15) is 0 Å². The number of nitrogens with zero attached hydrogens (tertiary/aromatic N) is 5. The fourth-order valence-corrected chi connectivity index (χ4v) is 3.75. The van der Waals surface area contributed by atoms with E-state index in [1.165, 1.54) is 5.69 Å². The van der Waals surface area contributed by atoms with E-state index in [2.05, 4.69) is 52.9 Å². The molecule has 0 atom stereocenters. The molecule has 1 aliphatic heterocycles. The minimum atomic E-state index is -0.534. The maximum absolute atomic E-state index is 14.4. The molecule has 5 rings (SSSR count). The molecule has 2 aromatic heterocycles. The molecule has 0 aliphatic carbocycles. The number of benzene rings is 2. The van der Waals surface area contributed by atoms with Crippen molar-refractivity contribution in [1.29, 1.82) is 0 Å². The van der Waals surface area contributed by atoms with Gasteiger partial charge >= 0.3 is 0 Å². The first-order chi connectivity index (χ1) is 16.0. The fourth-order valence-electron chi connectivity index (χ4n) is 3.75. The zero-order valence-electron chi connectivity index (χ0n) is 18.6. The van der Waals surface area contributed by atoms with E-state index >= 15 is 0 Å². The molecule has 0 radical (unpaired) electrons. The van der Waals surface area contributed by atoms with Gasteiger partial charge in [-0.05, 0) is 42.5 Å². The number of hydrogen-bond acceptors (Lipinski definition) is 8. The van der Waals surface area contributed by atoms with Crippen molar-refractivity contribution in [3.63, 3.8) is 0 Å². The van der Waals surface area contributed by atoms with Crippen LogP contribution < -0.4 is 25.8 Å². The van der Waals surface area contributed by atoms with Crippen LogP contribution in [0.3, 0.4) is 0 Å². The van der Waals surface area contributed by atoms with Crippen molar-refractivity contribution in [3.8, 4) is 0 Å². The normalized spacial score (nSPS) is 13.8. The number of fused-ring (bicyclic) bond motifs is 1. The molecule has 3 heterocycles. The SMILES string of the molecule is CN(C)c1nc2ccc(Nc3nc(Nc4ccc(N5CCNCC5)cc4)ncc3F)cc2[nH]1. The summed E-state index contributed by atoms with van der Waals surface area (Å²) < 4.78 is 14.4. The predicted octanol–water partition coefficient (Wildman–Crippen LogP) is 3.45. The van der Waals surface area contributed by atoms with Gasteiger partial charge in [0, 0.05) is 57.3 Å². The van der Waals surface area contributed by atoms with Gasteiger partial charge in [0.25, 0.3) is 0 Å². The quantitative estimate of drug-likeness (QED) is 0.357. The minimum Gasteiger partial charge on any atom is -0.369 e. The summed E-state index contributed by atoms with van der Waals surface area (Å²) in [6.45, 7) is 3.96. The van der Waals surface area contributed by atoms with Crippen LogP contribution in [-0.2, 0) is 0 Å². The molecular formula is C23H26FN9. The zero-order chi connectivity index (χ0) is 22.8. The van der Waals surface area contributed by atoms with Gasteiger partial charge in [-0.3, -0.25) is 0 Å². The van der Waals surface area contributed by atoms with Crippen LogP contribution in [-0.4, -0.2) is 60.2 Å². The lowest BCUT2D eigenvalue weighted by Crippen LogP contribution is -2.43. The van der Waals surface area contributed by atoms with Gasteiger partial charge in [-0.15, -0.1) is 0 Å². The van der Waals surface area contributed by atoms with Crippen LogP contribution in [0.2, 0.25) is 0 Å². The number of aromatic amines is 1. The highest BCUT2D eigenvalue weighted by Gasteiger charge is 2.12. The molecule has 0 unspecified atom stereocenters. The summed E-state index contributed by atoms with van der Waals surface area (Å²) in [5, 5.41) is 9.55. The summed E-state index contributed by atoms with van der Waals surface area (Å²) >= 11 is 0. The number of piperazine rings is 1. The second-order valence-electron chi connectivity index (χ2n) is 8.11. The number of aromatic nitrogens is 4. The highest BCUT2D eigenvalue weighted by molar-refractivity contribution is 5.82. The lowest BCUT2D eigenvalue weighted by atomic mass is 10.2. The van der Waals surface area contributed by atoms with Crippen LogP contribution >= 0.6 is 0 Å². The molecule has 1 saturated heterocycles. The Kier molecular flexibility index (Phi) is 5.66. The fraction of sp³-hybridized carbons (Fsp3) is 0.261. The molecule has 1 aliphatic rings. The van der Waals surface area contributed by atoms with Gasteiger partial charge in [-0.2, -0.15) is 4.98 Å². The maximum atomic E-state index is 14.4. The number of halogens is 1. The highest BCUT2D eigenvalue weighted by Crippen LogP contribution is 2.25. The van der Waals surface area contributed by atoms with Crippen molar-refractivity contribution >= 4 is 45.8 Å². The third-order valence-electron chi connectivity index (χ3n) is 5.51. The Labute approximate surface area is 191 Å². The number of anilines is 6. The first-order valence-electron chi connectivity index (χ1n) is 10.8. The van der Waals surface area contributed by atoms with E-state index in [1.54, 1.807) is 0 Å². The molecule has 170 valence electrons. The molecule has 0 amide bonds. The Morgan fingerprint density at radius 3 is 2.48 bits per heavy atom. The van der Waals surface area contributed by atoms with Crippen LogP contribution in [0.5, 0.6) is 0 Å². The Morgan fingerprint density at radius 1 is 0.970 bits per heavy atom. The van der Waals surface area contributed by atoms with Gasteiger partial charge in [0.1, 0.15) is 0 Å². The van der Waals surface area contributed by atoms with Gasteiger partial charge in [-0.1, -0.05) is 0 Å². The van der Waals surface area contributed by atoms with E-state index in [1.807, 2.05) is 49.3 Å². The number of H-pyrrole nitrogens is 1. The van der Waals surface area contributed by atoms with Gasteiger partial charge in [-0.25, -0.2) is 14.4 Å². The van der Waals surface area contributed by atoms with Crippen molar-refractivity contribution in [3.05, 3.63) is 54.5 Å². The second-order valence-corrected chi connectivity index (χ2v) is 8.11. The second kappa shape index (κ2) is 8.91. The first kappa shape index (κ1) is 21.0. The molecule has 4 N–H and O–H groups in total. The van der Waals surface area contributed by atoms with Crippen molar-refractivity contribution in [2.45, 2.75) is 0 Å². The molecule has 0 spiro atoms. The largest absolute Gasteiger partial charge is 0.369 e. The van der Waals surface area contributed by atoms with Gasteiger partial charge in [0.15, 0.2) is 11.6 Å². The molecule has 1 fully saturated rings. The molecule has 10 heteroatoms. The van der Waals surface area contributed by atoms with Crippen LogP contribution in [0.15, 0.2) is 48.7 Å². The van der Waals surface area contributed by atoms with E-state index in [4.69, 9.17) is 0 Å². The number of nitrogens with one attached hydrogen (secondary N) is 4. The number of hydrogen-bond donors (Lipinski definition) is 4. The van der Waals surface area contributed by atoms with Gasteiger partial charge < -0.3 is 30.7 Å². The summed E-state index contributed by atoms with van der Waals surface area (Å²) in [7, 11) is 3.83. The molecule has 0 bridgehead atoms. The number of imidazole rings is 1. The topological polar surface area (TPSA) is 97.0 Å². The standard InChI is InChI=1S/C23H26FN9/c1-32(2)23-29-19-8-5-16(13-20(19)30-23)27-21-18(24)14-26-22(31-21)28-15-3-6-17(7-4-15)33-11-9-25-10-12-33/h3-8,13-14,25H,9-12H2,1-2H3,(H,29,30)(H2,26,27,28,31). The first-order valence-corrected chi connectivity index (χ1v) is 10.8. The lowest BCUT2D eigenvalue weighted by molar-refractivity contribution is 0.589. The van der Waals surface area contributed by atoms with E-state index < -0.39 is 5.82 Å². The van der Waals surface area contributed by atoms with E-state index in [0.29, 0.717) is 11.6 Å². The van der Waals surface area contributed by atoms with E-state index in [0.717, 1.165) is 55.0 Å². The summed E-state index contributed by atoms with van der Waals surface area (Å²) in [4.78, 5) is 20.4. The summed E-state index contributed by atoms with van der Waals surface area (Å²) in [6.07, 6.45) is 1.16. The van der Waals surface area contributed by atoms with Gasteiger partial charge in [0.05, 0.1) is 17.2 Å². The third-order valence-corrected chi connectivity index (χ3v) is 5.51. The van der Waals surface area contributed by atoms with E-state index in [-0.39, 0.29) is 5.82 Å². The van der Waals surface area contributed by atoms with Crippen molar-refractivity contribution < 1.29 is 4.39 Å². The molecule has 2 aromatic carbocycles. The van der Waals surface area contributed by atoms with Crippen LogP contribution in [0, 0.1) is 5.82 Å². The monoisotopic (exact) mass is 447 g/mol.